The number of methoxy groups -OCH3 is 1. The Kier molecular flexibility index (Phi) is 5.25. The van der Waals surface area contributed by atoms with E-state index in [2.05, 4.69) is 20.7 Å². The minimum absolute atomic E-state index is 0.0291. The summed E-state index contributed by atoms with van der Waals surface area (Å²) in [5.74, 6) is 0.201. The van der Waals surface area contributed by atoms with Crippen LogP contribution in [0.5, 0.6) is 5.75 Å². The van der Waals surface area contributed by atoms with E-state index in [4.69, 9.17) is 22.1 Å². The smallest absolute Gasteiger partial charge is 0.244 e. The SMILES string of the molecule is COc1c(Br)cc(Cl)cc1S(=O)(=O)NCC(C)(C)N. The Bertz CT molecular complexity index is 570. The molecule has 1 aromatic rings. The molecule has 0 saturated carbocycles. The van der Waals surface area contributed by atoms with Crippen LogP contribution in [-0.2, 0) is 10.0 Å². The maximum atomic E-state index is 12.2. The third-order valence-corrected chi connectivity index (χ3v) is 4.40. The fourth-order valence-corrected chi connectivity index (χ4v) is 3.90. The average molecular weight is 372 g/mol. The van der Waals surface area contributed by atoms with E-state index >= 15 is 0 Å². The molecule has 108 valence electrons. The zero-order valence-electron chi connectivity index (χ0n) is 10.8. The number of hydrogen-bond donors (Lipinski definition) is 2. The van der Waals surface area contributed by atoms with E-state index in [-0.39, 0.29) is 17.2 Å². The van der Waals surface area contributed by atoms with Gasteiger partial charge in [0.15, 0.2) is 5.75 Å². The van der Waals surface area contributed by atoms with Crippen LogP contribution in [-0.4, -0.2) is 27.6 Å². The van der Waals surface area contributed by atoms with Crippen LogP contribution in [0.3, 0.4) is 0 Å². The molecule has 8 heteroatoms. The Labute approximate surface area is 126 Å². The van der Waals surface area contributed by atoms with E-state index in [1.165, 1.54) is 13.2 Å². The summed E-state index contributed by atoms with van der Waals surface area (Å²) in [6, 6.07) is 2.89. The normalized spacial score (nSPS) is 12.5. The van der Waals surface area contributed by atoms with Gasteiger partial charge in [-0.15, -0.1) is 0 Å². The summed E-state index contributed by atoms with van der Waals surface area (Å²) in [5.41, 5.74) is 5.10. The van der Waals surface area contributed by atoms with Crippen LogP contribution in [0.15, 0.2) is 21.5 Å². The van der Waals surface area contributed by atoms with Crippen LogP contribution < -0.4 is 15.2 Å². The Morgan fingerprint density at radius 1 is 1.47 bits per heavy atom. The monoisotopic (exact) mass is 370 g/mol. The molecule has 0 saturated heterocycles. The number of nitrogens with one attached hydrogen (secondary N) is 1. The molecule has 0 aliphatic carbocycles. The lowest BCUT2D eigenvalue weighted by Gasteiger charge is -2.20. The predicted octanol–water partition coefficient (Wildman–Crippen LogP) is 2.13. The first-order chi connectivity index (χ1) is 8.57. The van der Waals surface area contributed by atoms with Crippen molar-refractivity contribution in [3.63, 3.8) is 0 Å². The summed E-state index contributed by atoms with van der Waals surface area (Å²) in [4.78, 5) is -0.0291. The predicted molar refractivity (Wildman–Crippen MR) is 79.2 cm³/mol. The van der Waals surface area contributed by atoms with Crippen molar-refractivity contribution in [1.29, 1.82) is 0 Å². The van der Waals surface area contributed by atoms with Crippen molar-refractivity contribution < 1.29 is 13.2 Å². The van der Waals surface area contributed by atoms with Crippen LogP contribution in [0.4, 0.5) is 0 Å². The Balaban J connectivity index is 3.21. The van der Waals surface area contributed by atoms with E-state index in [0.717, 1.165) is 0 Å². The molecule has 0 spiro atoms. The summed E-state index contributed by atoms with van der Waals surface area (Å²) in [7, 11) is -2.36. The average Bonchev–Trinajstić information content (AvgIpc) is 2.25. The van der Waals surface area contributed by atoms with Crippen molar-refractivity contribution in [2.75, 3.05) is 13.7 Å². The summed E-state index contributed by atoms with van der Waals surface area (Å²) in [5, 5.41) is 0.292. The topological polar surface area (TPSA) is 81.4 Å². The van der Waals surface area contributed by atoms with Gasteiger partial charge in [0.2, 0.25) is 10.0 Å². The van der Waals surface area contributed by atoms with Gasteiger partial charge >= 0.3 is 0 Å². The Morgan fingerprint density at radius 3 is 2.53 bits per heavy atom. The summed E-state index contributed by atoms with van der Waals surface area (Å²) < 4.78 is 32.5. The Hall–Kier alpha value is -0.340. The van der Waals surface area contributed by atoms with Gasteiger partial charge < -0.3 is 10.5 Å². The number of halogens is 2. The number of sulfonamides is 1. The molecule has 0 aliphatic rings. The second-order valence-corrected chi connectivity index (χ2v) is 7.76. The van der Waals surface area contributed by atoms with Crippen molar-refractivity contribution in [1.82, 2.24) is 4.72 Å². The molecule has 0 unspecified atom stereocenters. The van der Waals surface area contributed by atoms with Gasteiger partial charge in [-0.25, -0.2) is 13.1 Å². The molecule has 1 aromatic carbocycles. The molecule has 0 fully saturated rings. The zero-order valence-corrected chi connectivity index (χ0v) is 14.0. The standard InChI is InChI=1S/C11H16BrClN2O3S/c1-11(2,14)6-15-19(16,17)9-5-7(13)4-8(12)10(9)18-3/h4-5,15H,6,14H2,1-3H3. The summed E-state index contributed by atoms with van der Waals surface area (Å²) in [6.07, 6.45) is 0. The van der Waals surface area contributed by atoms with Crippen LogP contribution >= 0.6 is 27.5 Å². The molecule has 0 aromatic heterocycles. The minimum Gasteiger partial charge on any atom is -0.494 e. The third-order valence-electron chi connectivity index (χ3n) is 2.19. The zero-order chi connectivity index (χ0) is 14.8. The van der Waals surface area contributed by atoms with Crippen LogP contribution in [0, 0.1) is 0 Å². The van der Waals surface area contributed by atoms with Crippen molar-refractivity contribution in [2.24, 2.45) is 5.73 Å². The van der Waals surface area contributed by atoms with E-state index in [0.29, 0.717) is 9.50 Å². The third kappa shape index (κ3) is 4.61. The highest BCUT2D eigenvalue weighted by Crippen LogP contribution is 2.35. The molecule has 0 aliphatic heterocycles. The fourth-order valence-electron chi connectivity index (χ4n) is 1.29. The number of benzene rings is 1. The second kappa shape index (κ2) is 5.97. The van der Waals surface area contributed by atoms with Crippen LogP contribution in [0.2, 0.25) is 5.02 Å². The lowest BCUT2D eigenvalue weighted by atomic mass is 10.1. The van der Waals surface area contributed by atoms with Gasteiger partial charge in [0, 0.05) is 17.1 Å². The molecule has 0 bridgehead atoms. The first-order valence-corrected chi connectivity index (χ1v) is 8.04. The number of hydrogen-bond acceptors (Lipinski definition) is 4. The van der Waals surface area contributed by atoms with Gasteiger partial charge in [0.1, 0.15) is 4.90 Å². The van der Waals surface area contributed by atoms with E-state index in [1.54, 1.807) is 19.9 Å². The Morgan fingerprint density at radius 2 is 2.05 bits per heavy atom. The minimum atomic E-state index is -3.75. The highest BCUT2D eigenvalue weighted by atomic mass is 79.9. The quantitative estimate of drug-likeness (QED) is 0.831. The highest BCUT2D eigenvalue weighted by Gasteiger charge is 2.24. The maximum absolute atomic E-state index is 12.2. The molecule has 19 heavy (non-hydrogen) atoms. The molecular weight excluding hydrogens is 356 g/mol. The largest absolute Gasteiger partial charge is 0.494 e. The van der Waals surface area contributed by atoms with Crippen molar-refractivity contribution in [2.45, 2.75) is 24.3 Å². The number of nitrogens with two attached hydrogens (primary N) is 1. The lowest BCUT2D eigenvalue weighted by molar-refractivity contribution is 0.399. The van der Waals surface area contributed by atoms with Gasteiger partial charge in [-0.1, -0.05) is 11.6 Å². The van der Waals surface area contributed by atoms with Crippen molar-refractivity contribution in [3.05, 3.63) is 21.6 Å². The van der Waals surface area contributed by atoms with Crippen LogP contribution in [0.1, 0.15) is 13.8 Å². The number of rotatable bonds is 5. The van der Waals surface area contributed by atoms with Gasteiger partial charge in [-0.3, -0.25) is 0 Å². The van der Waals surface area contributed by atoms with E-state index < -0.39 is 15.6 Å². The lowest BCUT2D eigenvalue weighted by Crippen LogP contribution is -2.45. The number of ether oxygens (including phenoxy) is 1. The molecule has 5 nitrogen and oxygen atoms in total. The second-order valence-electron chi connectivity index (χ2n) is 4.73. The van der Waals surface area contributed by atoms with Crippen LogP contribution in [0.25, 0.3) is 0 Å². The van der Waals surface area contributed by atoms with Gasteiger partial charge in [0.25, 0.3) is 0 Å². The molecular formula is C11H16BrClN2O3S. The summed E-state index contributed by atoms with van der Waals surface area (Å²) in [6.45, 7) is 3.55. The fraction of sp³-hybridized carbons (Fsp3) is 0.455. The van der Waals surface area contributed by atoms with E-state index in [9.17, 15) is 8.42 Å². The van der Waals surface area contributed by atoms with Gasteiger partial charge in [-0.05, 0) is 41.9 Å². The van der Waals surface area contributed by atoms with Crippen molar-refractivity contribution >= 4 is 37.6 Å². The molecule has 0 atom stereocenters. The van der Waals surface area contributed by atoms with Gasteiger partial charge in [0.05, 0.1) is 11.6 Å². The van der Waals surface area contributed by atoms with Gasteiger partial charge in [-0.2, -0.15) is 0 Å². The highest BCUT2D eigenvalue weighted by molar-refractivity contribution is 9.10. The molecule has 0 amide bonds. The molecule has 3 N–H and O–H groups in total. The van der Waals surface area contributed by atoms with Crippen molar-refractivity contribution in [3.8, 4) is 5.75 Å². The molecule has 1 rings (SSSR count). The first kappa shape index (κ1) is 16.7. The van der Waals surface area contributed by atoms with E-state index in [1.807, 2.05) is 0 Å². The summed E-state index contributed by atoms with van der Waals surface area (Å²) >= 11 is 9.09. The maximum Gasteiger partial charge on any atom is 0.244 e. The molecule has 0 radical (unpaired) electrons. The molecule has 0 heterocycles. The first-order valence-electron chi connectivity index (χ1n) is 5.38.